The van der Waals surface area contributed by atoms with Crippen molar-refractivity contribution in [3.05, 3.63) is 40.9 Å². The number of carbonyl (C=O) groups is 1. The Morgan fingerprint density at radius 2 is 2.05 bits per heavy atom. The molecule has 1 N–H and O–H groups in total. The summed E-state index contributed by atoms with van der Waals surface area (Å²) >= 11 is 5.83. The van der Waals surface area contributed by atoms with E-state index in [-0.39, 0.29) is 12.5 Å². The highest BCUT2D eigenvalue weighted by Gasteiger charge is 2.26. The molecule has 1 amide bonds. The van der Waals surface area contributed by atoms with E-state index in [9.17, 15) is 4.79 Å². The van der Waals surface area contributed by atoms with Gasteiger partial charge >= 0.3 is 0 Å². The van der Waals surface area contributed by atoms with E-state index in [0.29, 0.717) is 24.0 Å². The van der Waals surface area contributed by atoms with E-state index < -0.39 is 0 Å². The number of halogens is 1. The molecule has 0 heterocycles. The van der Waals surface area contributed by atoms with Gasteiger partial charge in [-0.25, -0.2) is 0 Å². The van der Waals surface area contributed by atoms with Gasteiger partial charge in [0, 0.05) is 30.3 Å². The maximum atomic E-state index is 12.3. The van der Waals surface area contributed by atoms with Crippen LogP contribution in [0.25, 0.3) is 6.08 Å². The van der Waals surface area contributed by atoms with Crippen LogP contribution in [-0.4, -0.2) is 35.1 Å². The number of aliphatic hydroxyl groups is 1. The van der Waals surface area contributed by atoms with E-state index in [1.54, 1.807) is 18.2 Å². The number of carbonyl (C=O) groups excluding carboxylic acids is 1. The Kier molecular flexibility index (Phi) is 5.62. The van der Waals surface area contributed by atoms with Gasteiger partial charge in [-0.05, 0) is 49.5 Å². The Labute approximate surface area is 124 Å². The van der Waals surface area contributed by atoms with E-state index in [1.807, 2.05) is 23.1 Å². The predicted octanol–water partition coefficient (Wildman–Crippen LogP) is 3.12. The summed E-state index contributed by atoms with van der Waals surface area (Å²) in [5.74, 6) is 0.0260. The van der Waals surface area contributed by atoms with E-state index in [1.165, 1.54) is 6.42 Å². The van der Waals surface area contributed by atoms with E-state index in [0.717, 1.165) is 18.4 Å². The molecule has 1 aliphatic rings. The summed E-state index contributed by atoms with van der Waals surface area (Å²) < 4.78 is 0. The van der Waals surface area contributed by atoms with Crippen molar-refractivity contribution in [3.63, 3.8) is 0 Å². The fraction of sp³-hybridized carbons (Fsp3) is 0.438. The van der Waals surface area contributed by atoms with Gasteiger partial charge in [0.2, 0.25) is 5.91 Å². The molecule has 1 aromatic carbocycles. The molecule has 0 aromatic heterocycles. The first-order valence-electron chi connectivity index (χ1n) is 7.06. The number of benzene rings is 1. The van der Waals surface area contributed by atoms with Gasteiger partial charge in [0.05, 0.1) is 0 Å². The fourth-order valence-electron chi connectivity index (χ4n) is 2.25. The molecule has 0 aliphatic heterocycles. The van der Waals surface area contributed by atoms with Gasteiger partial charge in [-0.1, -0.05) is 23.7 Å². The summed E-state index contributed by atoms with van der Waals surface area (Å²) in [5.41, 5.74) is 0.957. The molecule has 0 saturated heterocycles. The van der Waals surface area contributed by atoms with Crippen LogP contribution in [0.3, 0.4) is 0 Å². The maximum Gasteiger partial charge on any atom is 0.246 e. The van der Waals surface area contributed by atoms with Crippen molar-refractivity contribution in [2.24, 2.45) is 0 Å². The zero-order chi connectivity index (χ0) is 14.4. The molecule has 1 aromatic rings. The van der Waals surface area contributed by atoms with E-state index in [2.05, 4.69) is 0 Å². The van der Waals surface area contributed by atoms with Crippen LogP contribution in [0.2, 0.25) is 5.02 Å². The largest absolute Gasteiger partial charge is 0.396 e. The van der Waals surface area contributed by atoms with Gasteiger partial charge < -0.3 is 10.0 Å². The lowest BCUT2D eigenvalue weighted by atomic mass is 9.91. The normalized spacial score (nSPS) is 15.3. The lowest BCUT2D eigenvalue weighted by molar-refractivity contribution is -0.130. The summed E-state index contributed by atoms with van der Waals surface area (Å²) in [5, 5.41) is 9.62. The first kappa shape index (κ1) is 15.1. The molecule has 0 atom stereocenters. The minimum atomic E-state index is 0.0260. The molecule has 20 heavy (non-hydrogen) atoms. The molecule has 3 nitrogen and oxygen atoms in total. The first-order chi connectivity index (χ1) is 9.70. The molecule has 1 fully saturated rings. The molecule has 1 aliphatic carbocycles. The molecule has 0 spiro atoms. The third-order valence-electron chi connectivity index (χ3n) is 3.64. The van der Waals surface area contributed by atoms with Crippen LogP contribution in [0.1, 0.15) is 31.2 Å². The van der Waals surface area contributed by atoms with Gasteiger partial charge in [0.25, 0.3) is 0 Å². The van der Waals surface area contributed by atoms with Crippen molar-refractivity contribution >= 4 is 23.6 Å². The second-order valence-corrected chi connectivity index (χ2v) is 5.51. The molecule has 2 rings (SSSR count). The predicted molar refractivity (Wildman–Crippen MR) is 81.5 cm³/mol. The fourth-order valence-corrected chi connectivity index (χ4v) is 2.38. The average molecular weight is 294 g/mol. The zero-order valence-electron chi connectivity index (χ0n) is 11.5. The minimum Gasteiger partial charge on any atom is -0.396 e. The molecule has 0 radical (unpaired) electrons. The summed E-state index contributed by atoms with van der Waals surface area (Å²) in [4.78, 5) is 14.1. The van der Waals surface area contributed by atoms with E-state index >= 15 is 0 Å². The Morgan fingerprint density at radius 3 is 2.60 bits per heavy atom. The molecule has 0 bridgehead atoms. The molecule has 1 saturated carbocycles. The van der Waals surface area contributed by atoms with Crippen LogP contribution in [-0.2, 0) is 4.79 Å². The number of nitrogens with zero attached hydrogens (tertiary/aromatic N) is 1. The van der Waals surface area contributed by atoms with Gasteiger partial charge in [-0.15, -0.1) is 0 Å². The van der Waals surface area contributed by atoms with E-state index in [4.69, 9.17) is 16.7 Å². The zero-order valence-corrected chi connectivity index (χ0v) is 12.2. The third-order valence-corrected chi connectivity index (χ3v) is 3.90. The van der Waals surface area contributed by atoms with Gasteiger partial charge in [0.1, 0.15) is 0 Å². The summed E-state index contributed by atoms with van der Waals surface area (Å²) in [6.07, 6.45) is 7.39. The SMILES string of the molecule is O=C(/C=C/c1ccc(Cl)cc1)N(CCCO)C1CCC1. The summed E-state index contributed by atoms with van der Waals surface area (Å²) in [7, 11) is 0. The minimum absolute atomic E-state index is 0.0260. The van der Waals surface area contributed by atoms with Crippen molar-refractivity contribution < 1.29 is 9.90 Å². The van der Waals surface area contributed by atoms with Crippen LogP contribution in [0.4, 0.5) is 0 Å². The molecular formula is C16H20ClNO2. The molecule has 0 unspecified atom stereocenters. The highest BCUT2D eigenvalue weighted by molar-refractivity contribution is 6.30. The molecule has 4 heteroatoms. The second-order valence-electron chi connectivity index (χ2n) is 5.08. The number of amides is 1. The Hall–Kier alpha value is -1.32. The standard InChI is InChI=1S/C16H20ClNO2/c17-14-8-5-13(6-9-14)7-10-16(20)18(11-2-12-19)15-3-1-4-15/h5-10,15,19H,1-4,11-12H2/b10-7+. The number of hydrogen-bond donors (Lipinski definition) is 1. The first-order valence-corrected chi connectivity index (χ1v) is 7.43. The molecule has 108 valence electrons. The molecular weight excluding hydrogens is 274 g/mol. The number of aliphatic hydroxyl groups excluding tert-OH is 1. The van der Waals surface area contributed by atoms with Crippen molar-refractivity contribution in [2.75, 3.05) is 13.2 Å². The average Bonchev–Trinajstić information content (AvgIpc) is 2.40. The van der Waals surface area contributed by atoms with Crippen molar-refractivity contribution in [1.82, 2.24) is 4.90 Å². The van der Waals surface area contributed by atoms with Crippen molar-refractivity contribution in [1.29, 1.82) is 0 Å². The van der Waals surface area contributed by atoms with Crippen molar-refractivity contribution in [2.45, 2.75) is 31.7 Å². The van der Waals surface area contributed by atoms with Crippen LogP contribution in [0, 0.1) is 0 Å². The third kappa shape index (κ3) is 4.09. The maximum absolute atomic E-state index is 12.3. The number of hydrogen-bond acceptors (Lipinski definition) is 2. The smallest absolute Gasteiger partial charge is 0.246 e. The van der Waals surface area contributed by atoms with Crippen LogP contribution >= 0.6 is 11.6 Å². The second kappa shape index (κ2) is 7.46. The lowest BCUT2D eigenvalue weighted by Crippen LogP contribution is -2.44. The summed E-state index contributed by atoms with van der Waals surface area (Å²) in [6, 6.07) is 7.73. The quantitative estimate of drug-likeness (QED) is 0.819. The van der Waals surface area contributed by atoms with Crippen LogP contribution < -0.4 is 0 Å². The van der Waals surface area contributed by atoms with Crippen molar-refractivity contribution in [3.8, 4) is 0 Å². The lowest BCUT2D eigenvalue weighted by Gasteiger charge is -2.37. The Bertz CT molecular complexity index is 466. The monoisotopic (exact) mass is 293 g/mol. The summed E-state index contributed by atoms with van der Waals surface area (Å²) in [6.45, 7) is 0.752. The Balaban J connectivity index is 1.97. The Morgan fingerprint density at radius 1 is 1.35 bits per heavy atom. The van der Waals surface area contributed by atoms with Crippen LogP contribution in [0.5, 0.6) is 0 Å². The highest BCUT2D eigenvalue weighted by atomic mass is 35.5. The van der Waals surface area contributed by atoms with Gasteiger partial charge in [0.15, 0.2) is 0 Å². The van der Waals surface area contributed by atoms with Gasteiger partial charge in [-0.3, -0.25) is 4.79 Å². The topological polar surface area (TPSA) is 40.5 Å². The number of rotatable bonds is 6. The highest BCUT2D eigenvalue weighted by Crippen LogP contribution is 2.25. The van der Waals surface area contributed by atoms with Crippen LogP contribution in [0.15, 0.2) is 30.3 Å². The van der Waals surface area contributed by atoms with Gasteiger partial charge in [-0.2, -0.15) is 0 Å².